The van der Waals surface area contributed by atoms with Crippen LogP contribution in [0.2, 0.25) is 0 Å². The second-order valence-corrected chi connectivity index (χ2v) is 11.5. The highest BCUT2D eigenvalue weighted by Gasteiger charge is 2.35. The number of rotatable bonds is 9. The van der Waals surface area contributed by atoms with Crippen LogP contribution in [-0.2, 0) is 6.42 Å². The van der Waals surface area contributed by atoms with Gasteiger partial charge in [0.15, 0.2) is 5.78 Å². The summed E-state index contributed by atoms with van der Waals surface area (Å²) in [7, 11) is 2.17. The van der Waals surface area contributed by atoms with Crippen LogP contribution in [-0.4, -0.2) is 67.4 Å². The van der Waals surface area contributed by atoms with Gasteiger partial charge in [-0.1, -0.05) is 33.6 Å². The van der Waals surface area contributed by atoms with Crippen molar-refractivity contribution in [2.75, 3.05) is 50.0 Å². The van der Waals surface area contributed by atoms with Crippen LogP contribution in [0.4, 0.5) is 11.4 Å². The number of hydrogen-bond acceptors (Lipinski definition) is 5. The zero-order valence-electron chi connectivity index (χ0n) is 22.7. The minimum absolute atomic E-state index is 0.00151. The largest absolute Gasteiger partial charge is 0.383 e. The van der Waals surface area contributed by atoms with Gasteiger partial charge in [-0.15, -0.1) is 0 Å². The Morgan fingerprint density at radius 2 is 1.81 bits per heavy atom. The summed E-state index contributed by atoms with van der Waals surface area (Å²) in [6.07, 6.45) is 4.33. The number of nitrogens with one attached hydrogen (secondary N) is 3. The number of carbonyl (C=O) groups is 2. The molecule has 1 aliphatic heterocycles. The molecule has 36 heavy (non-hydrogen) atoms. The molecule has 1 fully saturated rings. The average Bonchev–Trinajstić information content (AvgIpc) is 3.16. The number of fused-ring (bicyclic) bond motifs is 1. The van der Waals surface area contributed by atoms with E-state index in [1.165, 1.54) is 5.69 Å². The van der Waals surface area contributed by atoms with Gasteiger partial charge in [-0.2, -0.15) is 0 Å². The van der Waals surface area contributed by atoms with E-state index in [0.717, 1.165) is 74.4 Å². The van der Waals surface area contributed by atoms with Crippen LogP contribution in [0.25, 0.3) is 0 Å². The molecule has 0 radical (unpaired) electrons. The van der Waals surface area contributed by atoms with Crippen LogP contribution in [0.5, 0.6) is 0 Å². The lowest BCUT2D eigenvalue weighted by Crippen LogP contribution is -2.44. The van der Waals surface area contributed by atoms with E-state index < -0.39 is 0 Å². The molecule has 1 aromatic carbocycles. The smallest absolute Gasteiger partial charge is 0.268 e. The van der Waals surface area contributed by atoms with Crippen LogP contribution in [0.3, 0.4) is 0 Å². The molecule has 0 bridgehead atoms. The van der Waals surface area contributed by atoms with Crippen molar-refractivity contribution < 1.29 is 9.59 Å². The minimum atomic E-state index is -0.124. The number of piperazine rings is 1. The van der Waals surface area contributed by atoms with Gasteiger partial charge in [0.05, 0.1) is 0 Å². The summed E-state index contributed by atoms with van der Waals surface area (Å²) < 4.78 is 0. The van der Waals surface area contributed by atoms with Gasteiger partial charge < -0.3 is 25.4 Å². The van der Waals surface area contributed by atoms with Crippen molar-refractivity contribution >= 4 is 23.1 Å². The Kier molecular flexibility index (Phi) is 8.08. The van der Waals surface area contributed by atoms with Gasteiger partial charge in [0.2, 0.25) is 0 Å². The highest BCUT2D eigenvalue weighted by atomic mass is 16.2. The Bertz CT molecular complexity index is 1060. The maximum absolute atomic E-state index is 13.3. The van der Waals surface area contributed by atoms with E-state index in [2.05, 4.69) is 77.5 Å². The van der Waals surface area contributed by atoms with E-state index in [0.29, 0.717) is 18.7 Å². The number of likely N-dealkylation sites (N-methyl/N-ethyl adjacent to an activating group) is 1. The average molecular weight is 494 g/mol. The zero-order valence-corrected chi connectivity index (χ0v) is 22.7. The molecule has 1 aliphatic carbocycles. The van der Waals surface area contributed by atoms with Crippen molar-refractivity contribution in [2.24, 2.45) is 5.41 Å². The second kappa shape index (κ2) is 11.1. The van der Waals surface area contributed by atoms with E-state index >= 15 is 0 Å². The van der Waals surface area contributed by atoms with Crippen molar-refractivity contribution in [3.63, 3.8) is 0 Å². The predicted octanol–water partition coefficient (Wildman–Crippen LogP) is 4.63. The van der Waals surface area contributed by atoms with E-state index in [4.69, 9.17) is 0 Å². The van der Waals surface area contributed by atoms with E-state index in [1.54, 1.807) is 0 Å². The van der Waals surface area contributed by atoms with Crippen molar-refractivity contribution in [2.45, 2.75) is 65.8 Å². The standard InChI is InChI=1S/C29H43N5O2/c1-6-7-8-22(19-30-21-9-11-23(12-10-21)34-15-13-33(5)14-16-34)31-28(36)27-20(2)26-24(32-27)17-29(3,4)18-25(26)35/h9-12,22,30,32H,6-8,13-19H2,1-5H3,(H,31,36)/t22-/m0/s1. The molecule has 1 amide bonds. The fraction of sp³-hybridized carbons (Fsp3) is 0.586. The molecule has 2 aromatic rings. The Hall–Kier alpha value is -2.80. The zero-order chi connectivity index (χ0) is 25.9. The number of H-pyrrole nitrogens is 1. The third-order valence-corrected chi connectivity index (χ3v) is 7.66. The fourth-order valence-electron chi connectivity index (χ4n) is 5.49. The highest BCUT2D eigenvalue weighted by molar-refractivity contribution is 6.04. The van der Waals surface area contributed by atoms with Gasteiger partial charge in [0.1, 0.15) is 5.69 Å². The maximum atomic E-state index is 13.3. The molecule has 7 heteroatoms. The molecule has 2 heterocycles. The van der Waals surface area contributed by atoms with Crippen LogP contribution >= 0.6 is 0 Å². The van der Waals surface area contributed by atoms with Gasteiger partial charge in [0.25, 0.3) is 5.91 Å². The van der Waals surface area contributed by atoms with E-state index in [1.807, 2.05) is 6.92 Å². The van der Waals surface area contributed by atoms with Crippen LogP contribution in [0.1, 0.15) is 78.6 Å². The first kappa shape index (κ1) is 26.3. The second-order valence-electron chi connectivity index (χ2n) is 11.5. The van der Waals surface area contributed by atoms with E-state index in [-0.39, 0.29) is 23.1 Å². The monoisotopic (exact) mass is 493 g/mol. The van der Waals surface area contributed by atoms with Crippen molar-refractivity contribution in [3.05, 3.63) is 46.8 Å². The molecule has 7 nitrogen and oxygen atoms in total. The summed E-state index contributed by atoms with van der Waals surface area (Å²) in [4.78, 5) is 34.1. The lowest BCUT2D eigenvalue weighted by molar-refractivity contribution is 0.0908. The van der Waals surface area contributed by atoms with Crippen LogP contribution < -0.4 is 15.5 Å². The number of aromatic amines is 1. The fourth-order valence-corrected chi connectivity index (χ4v) is 5.49. The minimum Gasteiger partial charge on any atom is -0.383 e. The van der Waals surface area contributed by atoms with Gasteiger partial charge in [-0.25, -0.2) is 0 Å². The number of unbranched alkanes of at least 4 members (excludes halogenated alkanes) is 1. The molecule has 3 N–H and O–H groups in total. The molecular weight excluding hydrogens is 450 g/mol. The number of benzene rings is 1. The summed E-state index contributed by atoms with van der Waals surface area (Å²) in [5.41, 5.74) is 5.18. The molecule has 2 aliphatic rings. The van der Waals surface area contributed by atoms with Gasteiger partial charge in [0, 0.05) is 67.8 Å². The van der Waals surface area contributed by atoms with Crippen molar-refractivity contribution in [3.8, 4) is 0 Å². The number of aromatic nitrogens is 1. The third-order valence-electron chi connectivity index (χ3n) is 7.66. The molecule has 1 atom stereocenters. The van der Waals surface area contributed by atoms with Crippen LogP contribution in [0.15, 0.2) is 24.3 Å². The van der Waals surface area contributed by atoms with Gasteiger partial charge >= 0.3 is 0 Å². The Morgan fingerprint density at radius 3 is 2.47 bits per heavy atom. The molecule has 0 spiro atoms. The normalized spacial score (nSPS) is 18.6. The maximum Gasteiger partial charge on any atom is 0.268 e. The van der Waals surface area contributed by atoms with Crippen molar-refractivity contribution in [1.29, 1.82) is 0 Å². The summed E-state index contributed by atoms with van der Waals surface area (Å²) >= 11 is 0. The van der Waals surface area contributed by atoms with Crippen LogP contribution in [0, 0.1) is 12.3 Å². The SMILES string of the molecule is CCCC[C@@H](CNc1ccc(N2CCN(C)CC2)cc1)NC(=O)c1[nH]c2c(c1C)C(=O)CC(C)(C)C2. The molecular formula is C29H43N5O2. The third kappa shape index (κ3) is 6.12. The number of amides is 1. The molecule has 0 saturated carbocycles. The number of hydrogen-bond donors (Lipinski definition) is 3. The first-order valence-electron chi connectivity index (χ1n) is 13.5. The quantitative estimate of drug-likeness (QED) is 0.475. The molecule has 4 rings (SSSR count). The number of carbonyl (C=O) groups excluding carboxylic acids is 2. The number of nitrogens with zero attached hydrogens (tertiary/aromatic N) is 2. The number of anilines is 2. The molecule has 1 saturated heterocycles. The topological polar surface area (TPSA) is 80.5 Å². The molecule has 196 valence electrons. The lowest BCUT2D eigenvalue weighted by Gasteiger charge is -2.34. The first-order chi connectivity index (χ1) is 17.2. The van der Waals surface area contributed by atoms with E-state index in [9.17, 15) is 9.59 Å². The molecule has 1 aromatic heterocycles. The Balaban J connectivity index is 1.39. The highest BCUT2D eigenvalue weighted by Crippen LogP contribution is 2.36. The van der Waals surface area contributed by atoms with Gasteiger partial charge in [-0.05, 0) is 62.1 Å². The number of Topliss-reactive ketones (excluding diaryl/α,β-unsaturated/α-hetero) is 1. The number of ketones is 1. The summed E-state index contributed by atoms with van der Waals surface area (Å²) in [5.74, 6) is 0.0130. The summed E-state index contributed by atoms with van der Waals surface area (Å²) in [6, 6.07) is 8.62. The lowest BCUT2D eigenvalue weighted by atomic mass is 9.75. The predicted molar refractivity (Wildman–Crippen MR) is 147 cm³/mol. The molecule has 0 unspecified atom stereocenters. The van der Waals surface area contributed by atoms with Gasteiger partial charge in [-0.3, -0.25) is 9.59 Å². The first-order valence-corrected chi connectivity index (χ1v) is 13.5. The Labute approximate surface area is 216 Å². The summed E-state index contributed by atoms with van der Waals surface area (Å²) in [6.45, 7) is 13.2. The van der Waals surface area contributed by atoms with Crippen molar-refractivity contribution in [1.82, 2.24) is 15.2 Å². The summed E-state index contributed by atoms with van der Waals surface area (Å²) in [5, 5.41) is 6.76. The Morgan fingerprint density at radius 1 is 1.11 bits per heavy atom.